The molecule has 1 aromatic heterocycles. The van der Waals surface area contributed by atoms with Gasteiger partial charge in [-0.15, -0.1) is 5.10 Å². The summed E-state index contributed by atoms with van der Waals surface area (Å²) in [6.45, 7) is -0.482. The van der Waals surface area contributed by atoms with Crippen molar-refractivity contribution in [2.24, 2.45) is 0 Å². The van der Waals surface area contributed by atoms with Gasteiger partial charge in [-0.25, -0.2) is 9.48 Å². The van der Waals surface area contributed by atoms with Crippen LogP contribution in [0.25, 0.3) is 0 Å². The lowest BCUT2D eigenvalue weighted by Gasteiger charge is -2.12. The lowest BCUT2D eigenvalue weighted by molar-refractivity contribution is -0.142. The van der Waals surface area contributed by atoms with Crippen molar-refractivity contribution in [3.63, 3.8) is 0 Å². The Labute approximate surface area is 90.1 Å². The van der Waals surface area contributed by atoms with E-state index in [4.69, 9.17) is 10.2 Å². The van der Waals surface area contributed by atoms with Gasteiger partial charge in [0.15, 0.2) is 0 Å². The zero-order valence-corrected chi connectivity index (χ0v) is 8.28. The summed E-state index contributed by atoms with van der Waals surface area (Å²) < 4.78 is 1.16. The van der Waals surface area contributed by atoms with Crippen LogP contribution in [0.5, 0.6) is 0 Å². The first kappa shape index (κ1) is 12.0. The van der Waals surface area contributed by atoms with Crippen LogP contribution in [0.3, 0.4) is 0 Å². The van der Waals surface area contributed by atoms with Gasteiger partial charge < -0.3 is 15.5 Å². The van der Waals surface area contributed by atoms with Crippen LogP contribution in [-0.4, -0.2) is 54.9 Å². The number of hydrogen-bond acceptors (Lipinski definition) is 6. The van der Waals surface area contributed by atoms with E-state index in [-0.39, 0.29) is 19.6 Å². The standard InChI is InChI=1S/C7H11N5O4/c13-2-1-5(7(15)16)9-6(14)3-12-4-8-10-11-12/h4-5,13H,1-3H2,(H,9,14)(H,15,16)/t5-/m0/s1. The van der Waals surface area contributed by atoms with Crippen LogP contribution in [0.2, 0.25) is 0 Å². The van der Waals surface area contributed by atoms with Crippen molar-refractivity contribution in [2.45, 2.75) is 19.0 Å². The highest BCUT2D eigenvalue weighted by atomic mass is 16.4. The summed E-state index contributed by atoms with van der Waals surface area (Å²) in [7, 11) is 0. The molecular weight excluding hydrogens is 218 g/mol. The molecule has 1 aromatic rings. The molecule has 1 heterocycles. The summed E-state index contributed by atoms with van der Waals surface area (Å²) in [6.07, 6.45) is 1.19. The number of tetrazole rings is 1. The lowest BCUT2D eigenvalue weighted by atomic mass is 10.2. The van der Waals surface area contributed by atoms with Crippen molar-refractivity contribution >= 4 is 11.9 Å². The number of rotatable bonds is 6. The average molecular weight is 229 g/mol. The van der Waals surface area contributed by atoms with Crippen molar-refractivity contribution in [1.82, 2.24) is 25.5 Å². The van der Waals surface area contributed by atoms with Crippen LogP contribution in [0.4, 0.5) is 0 Å². The number of carbonyl (C=O) groups excluding carboxylic acids is 1. The van der Waals surface area contributed by atoms with E-state index >= 15 is 0 Å². The summed E-state index contributed by atoms with van der Waals surface area (Å²) in [6, 6.07) is -1.10. The van der Waals surface area contributed by atoms with Crippen molar-refractivity contribution in [3.8, 4) is 0 Å². The molecule has 0 aliphatic heterocycles. The topological polar surface area (TPSA) is 130 Å². The first-order valence-corrected chi connectivity index (χ1v) is 4.47. The number of aliphatic hydroxyl groups excluding tert-OH is 1. The minimum atomic E-state index is -1.20. The fraction of sp³-hybridized carbons (Fsp3) is 0.571. The quantitative estimate of drug-likeness (QED) is 0.496. The van der Waals surface area contributed by atoms with Gasteiger partial charge in [-0.1, -0.05) is 0 Å². The Balaban J connectivity index is 2.45. The van der Waals surface area contributed by atoms with Gasteiger partial charge >= 0.3 is 5.97 Å². The molecule has 0 aromatic carbocycles. The fourth-order valence-electron chi connectivity index (χ4n) is 1.03. The molecule has 1 amide bonds. The third-order valence-corrected chi connectivity index (χ3v) is 1.75. The normalized spacial score (nSPS) is 12.1. The van der Waals surface area contributed by atoms with Crippen LogP contribution in [0.1, 0.15) is 6.42 Å². The van der Waals surface area contributed by atoms with Gasteiger partial charge in [0.1, 0.15) is 18.9 Å². The number of aromatic nitrogens is 4. The molecule has 0 aliphatic carbocycles. The molecule has 0 bridgehead atoms. The Kier molecular flexibility index (Phi) is 4.33. The molecule has 0 radical (unpaired) electrons. The van der Waals surface area contributed by atoms with Crippen molar-refractivity contribution < 1.29 is 19.8 Å². The lowest BCUT2D eigenvalue weighted by Crippen LogP contribution is -2.42. The van der Waals surface area contributed by atoms with Crippen LogP contribution >= 0.6 is 0 Å². The van der Waals surface area contributed by atoms with E-state index in [9.17, 15) is 9.59 Å². The molecule has 88 valence electrons. The molecule has 1 atom stereocenters. The number of aliphatic carboxylic acids is 1. The zero-order valence-electron chi connectivity index (χ0n) is 8.28. The average Bonchev–Trinajstić information content (AvgIpc) is 2.69. The Bertz CT molecular complexity index is 352. The van der Waals surface area contributed by atoms with Crippen LogP contribution in [0.15, 0.2) is 6.33 Å². The molecular formula is C7H11N5O4. The maximum Gasteiger partial charge on any atom is 0.326 e. The maximum absolute atomic E-state index is 11.3. The summed E-state index contributed by atoms with van der Waals surface area (Å²) >= 11 is 0. The minimum Gasteiger partial charge on any atom is -0.480 e. The number of amides is 1. The Morgan fingerprint density at radius 2 is 2.25 bits per heavy atom. The minimum absolute atomic E-state index is 0.0450. The van der Waals surface area contributed by atoms with Crippen molar-refractivity contribution in [3.05, 3.63) is 6.33 Å². The first-order valence-electron chi connectivity index (χ1n) is 4.47. The van der Waals surface area contributed by atoms with Crippen LogP contribution in [-0.2, 0) is 16.1 Å². The monoisotopic (exact) mass is 229 g/mol. The van der Waals surface area contributed by atoms with Gasteiger partial charge in [-0.05, 0) is 10.4 Å². The SMILES string of the molecule is O=C(Cn1cnnn1)N[C@@H](CCO)C(=O)O. The highest BCUT2D eigenvalue weighted by Gasteiger charge is 2.19. The second-order valence-electron chi connectivity index (χ2n) is 2.98. The molecule has 0 unspecified atom stereocenters. The fourth-order valence-corrected chi connectivity index (χ4v) is 1.03. The summed E-state index contributed by atoms with van der Waals surface area (Å²) in [5.74, 6) is -1.73. The first-order chi connectivity index (χ1) is 7.63. The molecule has 1 rings (SSSR count). The van der Waals surface area contributed by atoms with Gasteiger partial charge in [0.2, 0.25) is 5.91 Å². The highest BCUT2D eigenvalue weighted by Crippen LogP contribution is 1.92. The molecule has 9 heteroatoms. The van der Waals surface area contributed by atoms with E-state index in [1.54, 1.807) is 0 Å². The molecule has 0 fully saturated rings. The molecule has 0 saturated carbocycles. The Hall–Kier alpha value is -2.03. The number of hydrogen-bond donors (Lipinski definition) is 3. The van der Waals surface area contributed by atoms with E-state index < -0.39 is 17.9 Å². The predicted octanol–water partition coefficient (Wildman–Crippen LogP) is -2.38. The number of nitrogens with one attached hydrogen (secondary N) is 1. The van der Waals surface area contributed by atoms with Gasteiger partial charge in [0, 0.05) is 13.0 Å². The third-order valence-electron chi connectivity index (χ3n) is 1.75. The number of carbonyl (C=O) groups is 2. The third kappa shape index (κ3) is 3.61. The zero-order chi connectivity index (χ0) is 12.0. The van der Waals surface area contributed by atoms with Crippen molar-refractivity contribution in [1.29, 1.82) is 0 Å². The summed E-state index contributed by atoms with van der Waals surface area (Å²) in [5, 5.41) is 29.6. The van der Waals surface area contributed by atoms with E-state index in [1.807, 2.05) is 0 Å². The van der Waals surface area contributed by atoms with Gasteiger partial charge in [0.25, 0.3) is 0 Å². The smallest absolute Gasteiger partial charge is 0.326 e. The number of nitrogens with zero attached hydrogens (tertiary/aromatic N) is 4. The Morgan fingerprint density at radius 1 is 1.50 bits per heavy atom. The molecule has 0 saturated heterocycles. The molecule has 3 N–H and O–H groups in total. The summed E-state index contributed by atoms with van der Waals surface area (Å²) in [5.41, 5.74) is 0. The number of carboxylic acid groups (broad SMARTS) is 1. The van der Waals surface area contributed by atoms with E-state index in [0.29, 0.717) is 0 Å². The second-order valence-corrected chi connectivity index (χ2v) is 2.98. The maximum atomic E-state index is 11.3. The summed E-state index contributed by atoms with van der Waals surface area (Å²) in [4.78, 5) is 22.0. The highest BCUT2D eigenvalue weighted by molar-refractivity contribution is 5.83. The second kappa shape index (κ2) is 5.75. The van der Waals surface area contributed by atoms with Crippen LogP contribution < -0.4 is 5.32 Å². The number of aliphatic hydroxyl groups is 1. The predicted molar refractivity (Wildman–Crippen MR) is 49.1 cm³/mol. The van der Waals surface area contributed by atoms with Gasteiger partial charge in [-0.2, -0.15) is 0 Å². The van der Waals surface area contributed by atoms with Gasteiger partial charge in [-0.3, -0.25) is 4.79 Å². The Morgan fingerprint density at radius 3 is 2.75 bits per heavy atom. The van der Waals surface area contributed by atoms with E-state index in [1.165, 1.54) is 6.33 Å². The largest absolute Gasteiger partial charge is 0.480 e. The number of carboxylic acids is 1. The molecule has 0 spiro atoms. The molecule has 0 aliphatic rings. The van der Waals surface area contributed by atoms with Crippen molar-refractivity contribution in [2.75, 3.05) is 6.61 Å². The van der Waals surface area contributed by atoms with E-state index in [2.05, 4.69) is 20.8 Å². The molecule has 16 heavy (non-hydrogen) atoms. The van der Waals surface area contributed by atoms with Crippen LogP contribution in [0, 0.1) is 0 Å². The molecule has 9 nitrogen and oxygen atoms in total. The van der Waals surface area contributed by atoms with Gasteiger partial charge in [0.05, 0.1) is 0 Å². The van der Waals surface area contributed by atoms with E-state index in [0.717, 1.165) is 4.68 Å².